The lowest BCUT2D eigenvalue weighted by molar-refractivity contribution is 1.28. The first-order chi connectivity index (χ1) is 6.33. The molecular weight excluding hydrogens is 164 g/mol. The van der Waals surface area contributed by atoms with Gasteiger partial charge in [-0.1, -0.05) is 0 Å². The summed E-state index contributed by atoms with van der Waals surface area (Å²) in [6.07, 6.45) is 0. The highest BCUT2D eigenvalue weighted by Gasteiger charge is 2.00. The third-order valence-electron chi connectivity index (χ3n) is 1.79. The molecule has 0 atom stereocenters. The second-order valence-electron chi connectivity index (χ2n) is 2.58. The number of nitrogens with one attached hydrogen (secondary N) is 1. The average molecular weight is 172 g/mol. The molecule has 2 rings (SSSR count). The van der Waals surface area contributed by atoms with Gasteiger partial charge >= 0.3 is 0 Å². The molecule has 0 radical (unpaired) electrons. The average Bonchev–Trinajstić information content (AvgIpc) is 2.58. The van der Waals surface area contributed by atoms with E-state index in [-0.39, 0.29) is 0 Å². The molecule has 0 unspecified atom stereocenters. The van der Waals surface area contributed by atoms with Gasteiger partial charge < -0.3 is 4.98 Å². The number of rotatable bonds is 2. The van der Waals surface area contributed by atoms with Crippen LogP contribution in [0.1, 0.15) is 0 Å². The first kappa shape index (κ1) is 7.67. The maximum absolute atomic E-state index is 4.16. The molecule has 1 aromatic carbocycles. The van der Waals surface area contributed by atoms with Crippen molar-refractivity contribution in [1.29, 1.82) is 0 Å². The zero-order chi connectivity index (χ0) is 9.26. The van der Waals surface area contributed by atoms with Gasteiger partial charge in [-0.05, 0) is 31.6 Å². The van der Waals surface area contributed by atoms with E-state index >= 15 is 0 Å². The minimum Gasteiger partial charge on any atom is -0.322 e. The van der Waals surface area contributed by atoms with Crippen molar-refractivity contribution in [1.82, 2.24) is 9.97 Å². The van der Waals surface area contributed by atoms with E-state index in [1.807, 2.05) is 18.2 Å². The molecular formula is C9H8N4. The Bertz CT molecular complexity index is 463. The first-order valence-corrected chi connectivity index (χ1v) is 3.76. The van der Waals surface area contributed by atoms with Crippen LogP contribution in [0.5, 0.6) is 0 Å². The summed E-state index contributed by atoms with van der Waals surface area (Å²) in [5, 5.41) is 0. The Labute approximate surface area is 75.1 Å². The zero-order valence-electron chi connectivity index (χ0n) is 6.99. The Hall–Kier alpha value is -1.97. The number of H-pyrrole nitrogens is 1. The van der Waals surface area contributed by atoms with E-state index in [1.165, 1.54) is 0 Å². The lowest BCUT2D eigenvalue weighted by Gasteiger charge is -1.90. The molecule has 0 aliphatic carbocycles. The second kappa shape index (κ2) is 2.82. The van der Waals surface area contributed by atoms with E-state index in [0.717, 1.165) is 16.7 Å². The van der Waals surface area contributed by atoms with E-state index in [2.05, 4.69) is 33.4 Å². The standard InChI is InChI=1S/C9H8N4/c1-10-6-3-4-7-8(5-6)13-9(11-2)12-7/h3-5H,1-2H2,(H,12,13). The van der Waals surface area contributed by atoms with Gasteiger partial charge in [-0.2, -0.15) is 0 Å². The molecule has 0 saturated heterocycles. The molecule has 0 saturated carbocycles. The fourth-order valence-electron chi connectivity index (χ4n) is 1.16. The van der Waals surface area contributed by atoms with Crippen LogP contribution in [-0.2, 0) is 0 Å². The predicted octanol–water partition coefficient (Wildman–Crippen LogP) is 2.23. The molecule has 4 heteroatoms. The van der Waals surface area contributed by atoms with E-state index in [4.69, 9.17) is 0 Å². The number of imidazole rings is 1. The Morgan fingerprint density at radius 1 is 1.23 bits per heavy atom. The summed E-state index contributed by atoms with van der Waals surface area (Å²) in [4.78, 5) is 14.7. The highest BCUT2D eigenvalue weighted by Crippen LogP contribution is 2.21. The van der Waals surface area contributed by atoms with E-state index in [1.54, 1.807) is 0 Å². The fraction of sp³-hybridized carbons (Fsp3) is 0. The summed E-state index contributed by atoms with van der Waals surface area (Å²) in [6, 6.07) is 5.58. The van der Waals surface area contributed by atoms with Crippen LogP contribution in [-0.4, -0.2) is 23.4 Å². The third kappa shape index (κ3) is 1.22. The van der Waals surface area contributed by atoms with Crippen molar-refractivity contribution in [3.05, 3.63) is 18.2 Å². The van der Waals surface area contributed by atoms with Crippen LogP contribution in [0, 0.1) is 0 Å². The van der Waals surface area contributed by atoms with Crippen molar-refractivity contribution in [3.63, 3.8) is 0 Å². The van der Waals surface area contributed by atoms with Crippen LogP contribution in [0.2, 0.25) is 0 Å². The molecule has 0 aliphatic rings. The van der Waals surface area contributed by atoms with E-state index in [0.29, 0.717) is 5.95 Å². The Morgan fingerprint density at radius 2 is 2.08 bits per heavy atom. The smallest absolute Gasteiger partial charge is 0.227 e. The molecule has 64 valence electrons. The summed E-state index contributed by atoms with van der Waals surface area (Å²) >= 11 is 0. The van der Waals surface area contributed by atoms with Crippen LogP contribution in [0.15, 0.2) is 28.2 Å². The summed E-state index contributed by atoms with van der Waals surface area (Å²) < 4.78 is 0. The molecule has 0 amide bonds. The van der Waals surface area contributed by atoms with Crippen LogP contribution in [0.25, 0.3) is 11.0 Å². The molecule has 0 spiro atoms. The lowest BCUT2D eigenvalue weighted by atomic mass is 10.3. The summed E-state index contributed by atoms with van der Waals surface area (Å²) in [5.41, 5.74) is 2.56. The number of hydrogen-bond acceptors (Lipinski definition) is 3. The SMILES string of the molecule is C=Nc1ccc2nc(N=C)[nH]c2c1. The molecule has 0 fully saturated rings. The molecule has 2 aromatic rings. The number of nitrogens with zero attached hydrogens (tertiary/aromatic N) is 3. The van der Waals surface area contributed by atoms with Crippen LogP contribution in [0.4, 0.5) is 11.6 Å². The molecule has 1 heterocycles. The number of fused-ring (bicyclic) bond motifs is 1. The van der Waals surface area contributed by atoms with Crippen molar-refractivity contribution in [2.45, 2.75) is 0 Å². The lowest BCUT2D eigenvalue weighted by Crippen LogP contribution is -1.67. The van der Waals surface area contributed by atoms with Crippen molar-refractivity contribution in [3.8, 4) is 0 Å². The van der Waals surface area contributed by atoms with E-state index in [9.17, 15) is 0 Å². The van der Waals surface area contributed by atoms with Crippen LogP contribution in [0.3, 0.4) is 0 Å². The number of benzene rings is 1. The van der Waals surface area contributed by atoms with Crippen LogP contribution >= 0.6 is 0 Å². The van der Waals surface area contributed by atoms with Gasteiger partial charge in [0.1, 0.15) is 0 Å². The predicted molar refractivity (Wildman–Crippen MR) is 54.5 cm³/mol. The third-order valence-corrected chi connectivity index (χ3v) is 1.79. The quantitative estimate of drug-likeness (QED) is 0.694. The van der Waals surface area contributed by atoms with Crippen molar-refractivity contribution in [2.75, 3.05) is 0 Å². The van der Waals surface area contributed by atoms with E-state index < -0.39 is 0 Å². The van der Waals surface area contributed by atoms with Crippen molar-refractivity contribution < 1.29 is 0 Å². The van der Waals surface area contributed by atoms with Crippen molar-refractivity contribution in [2.24, 2.45) is 9.98 Å². The van der Waals surface area contributed by atoms with Crippen molar-refractivity contribution >= 4 is 36.1 Å². The summed E-state index contributed by atoms with van der Waals surface area (Å²) in [5.74, 6) is 0.524. The molecule has 0 aliphatic heterocycles. The molecule has 13 heavy (non-hydrogen) atoms. The minimum absolute atomic E-state index is 0.524. The minimum atomic E-state index is 0.524. The fourth-order valence-corrected chi connectivity index (χ4v) is 1.16. The Morgan fingerprint density at radius 3 is 2.77 bits per heavy atom. The Kier molecular flexibility index (Phi) is 1.66. The second-order valence-corrected chi connectivity index (χ2v) is 2.58. The number of aliphatic imine (C=N–C) groups is 2. The van der Waals surface area contributed by atoms with Gasteiger partial charge in [0, 0.05) is 0 Å². The van der Waals surface area contributed by atoms with Crippen LogP contribution < -0.4 is 0 Å². The largest absolute Gasteiger partial charge is 0.322 e. The van der Waals surface area contributed by atoms with Gasteiger partial charge in [-0.25, -0.2) is 9.98 Å². The summed E-state index contributed by atoms with van der Waals surface area (Å²) in [6.45, 7) is 6.83. The molecule has 1 aromatic heterocycles. The number of aromatic amines is 1. The first-order valence-electron chi connectivity index (χ1n) is 3.76. The highest BCUT2D eigenvalue weighted by atomic mass is 15.1. The maximum Gasteiger partial charge on any atom is 0.227 e. The van der Waals surface area contributed by atoms with Gasteiger partial charge in [-0.15, -0.1) is 0 Å². The van der Waals surface area contributed by atoms with Gasteiger partial charge in [0.25, 0.3) is 0 Å². The monoisotopic (exact) mass is 172 g/mol. The highest BCUT2D eigenvalue weighted by molar-refractivity contribution is 5.80. The summed E-state index contributed by atoms with van der Waals surface area (Å²) in [7, 11) is 0. The zero-order valence-corrected chi connectivity index (χ0v) is 6.99. The van der Waals surface area contributed by atoms with Gasteiger partial charge in [0.15, 0.2) is 0 Å². The topological polar surface area (TPSA) is 53.4 Å². The van der Waals surface area contributed by atoms with Gasteiger partial charge in [0.2, 0.25) is 5.95 Å². The van der Waals surface area contributed by atoms with Gasteiger partial charge in [-0.3, -0.25) is 4.99 Å². The number of aromatic nitrogens is 2. The van der Waals surface area contributed by atoms with Gasteiger partial charge in [0.05, 0.1) is 16.7 Å². The molecule has 0 bridgehead atoms. The number of hydrogen-bond donors (Lipinski definition) is 1. The maximum atomic E-state index is 4.16. The Balaban J connectivity index is 2.69. The normalized spacial score (nSPS) is 10.2. The molecule has 1 N–H and O–H groups in total. The molecule has 4 nitrogen and oxygen atoms in total.